The van der Waals surface area contributed by atoms with E-state index in [1.807, 2.05) is 13.8 Å². The molecule has 1 aliphatic carbocycles. The van der Waals surface area contributed by atoms with Gasteiger partial charge in [0.1, 0.15) is 22.9 Å². The number of carbonyl (C=O) groups excluding carboxylic acids is 1. The minimum atomic E-state index is -0.393. The molecule has 1 aromatic heterocycles. The number of aryl methyl sites for hydroxylation is 3. The first kappa shape index (κ1) is 19.2. The molecule has 4 nitrogen and oxygen atoms in total. The molecule has 5 heteroatoms. The fourth-order valence-electron chi connectivity index (χ4n) is 4.11. The van der Waals surface area contributed by atoms with Crippen LogP contribution in [0.25, 0.3) is 16.5 Å². The number of fused-ring (bicyclic) bond motifs is 3. The van der Waals surface area contributed by atoms with Crippen LogP contribution in [0.4, 0.5) is 10.1 Å². The monoisotopic (exact) mass is 393 g/mol. The number of carbonyl (C=O) groups is 1. The van der Waals surface area contributed by atoms with E-state index >= 15 is 0 Å². The van der Waals surface area contributed by atoms with Gasteiger partial charge in [0.25, 0.3) is 0 Å². The Hall–Kier alpha value is -3.08. The van der Waals surface area contributed by atoms with Crippen LogP contribution in [0.1, 0.15) is 42.2 Å². The van der Waals surface area contributed by atoms with Crippen LogP contribution in [0, 0.1) is 12.7 Å². The molecule has 0 radical (unpaired) electrons. The molecule has 2 aromatic carbocycles. The SMILES string of the molecule is COc1c(/C(C)=C/C(=O)Nc2cccc(F)c2)cc2c3c(oc2c1C)CCCC3. The van der Waals surface area contributed by atoms with E-state index in [0.717, 1.165) is 59.1 Å². The van der Waals surface area contributed by atoms with Gasteiger partial charge in [-0.05, 0) is 62.9 Å². The zero-order valence-electron chi connectivity index (χ0n) is 16.9. The fraction of sp³-hybridized carbons (Fsp3) is 0.292. The second kappa shape index (κ2) is 7.74. The van der Waals surface area contributed by atoms with Gasteiger partial charge in [0, 0.05) is 40.3 Å². The standard InChI is InChI=1S/C24H24FNO3/c1-14(11-22(27)26-17-8-6-7-16(25)12-17)19-13-20-18-9-4-5-10-21(18)29-24(20)15(2)23(19)28-3/h6-8,11-13H,4-5,9-10H2,1-3H3,(H,26,27)/b14-11+. The van der Waals surface area contributed by atoms with Gasteiger partial charge in [0.15, 0.2) is 0 Å². The van der Waals surface area contributed by atoms with Crippen molar-refractivity contribution in [3.05, 3.63) is 64.7 Å². The molecule has 150 valence electrons. The lowest BCUT2D eigenvalue weighted by Gasteiger charge is -2.13. The highest BCUT2D eigenvalue weighted by atomic mass is 19.1. The molecule has 1 aliphatic rings. The lowest BCUT2D eigenvalue weighted by molar-refractivity contribution is -0.111. The summed E-state index contributed by atoms with van der Waals surface area (Å²) in [5, 5.41) is 3.81. The molecule has 0 bridgehead atoms. The van der Waals surface area contributed by atoms with Gasteiger partial charge < -0.3 is 14.5 Å². The number of allylic oxidation sites excluding steroid dienone is 1. The summed E-state index contributed by atoms with van der Waals surface area (Å²) < 4.78 is 25.2. The predicted molar refractivity (Wildman–Crippen MR) is 113 cm³/mol. The maximum atomic E-state index is 13.4. The molecule has 29 heavy (non-hydrogen) atoms. The van der Waals surface area contributed by atoms with Crippen molar-refractivity contribution in [2.75, 3.05) is 12.4 Å². The Morgan fingerprint density at radius 1 is 1.24 bits per heavy atom. The van der Waals surface area contributed by atoms with Gasteiger partial charge in [0.05, 0.1) is 7.11 Å². The zero-order valence-corrected chi connectivity index (χ0v) is 16.9. The number of halogens is 1. The summed E-state index contributed by atoms with van der Waals surface area (Å²) >= 11 is 0. The van der Waals surface area contributed by atoms with Crippen molar-refractivity contribution in [2.45, 2.75) is 39.5 Å². The number of furan rings is 1. The largest absolute Gasteiger partial charge is 0.496 e. The van der Waals surface area contributed by atoms with Crippen LogP contribution in [-0.4, -0.2) is 13.0 Å². The lowest BCUT2D eigenvalue weighted by Crippen LogP contribution is -2.09. The van der Waals surface area contributed by atoms with Crippen LogP contribution in [-0.2, 0) is 17.6 Å². The summed E-state index contributed by atoms with van der Waals surface area (Å²) in [5.74, 6) is 1.06. The van der Waals surface area contributed by atoms with Crippen LogP contribution in [0.3, 0.4) is 0 Å². The molecule has 0 unspecified atom stereocenters. The maximum absolute atomic E-state index is 13.4. The third kappa shape index (κ3) is 3.65. The first-order valence-electron chi connectivity index (χ1n) is 9.85. The van der Waals surface area contributed by atoms with Gasteiger partial charge in [-0.15, -0.1) is 0 Å². The molecule has 0 aliphatic heterocycles. The Kier molecular flexibility index (Phi) is 5.14. The Balaban J connectivity index is 1.73. The van der Waals surface area contributed by atoms with Crippen molar-refractivity contribution in [3.63, 3.8) is 0 Å². The van der Waals surface area contributed by atoms with Crippen molar-refractivity contribution in [2.24, 2.45) is 0 Å². The first-order valence-corrected chi connectivity index (χ1v) is 9.85. The van der Waals surface area contributed by atoms with E-state index in [1.165, 1.54) is 23.8 Å². The average molecular weight is 393 g/mol. The molecule has 0 spiro atoms. The van der Waals surface area contributed by atoms with Crippen LogP contribution < -0.4 is 10.1 Å². The van der Waals surface area contributed by atoms with Gasteiger partial charge in [-0.1, -0.05) is 6.07 Å². The minimum absolute atomic E-state index is 0.317. The summed E-state index contributed by atoms with van der Waals surface area (Å²) in [6, 6.07) is 7.90. The normalized spacial score (nSPS) is 14.0. The minimum Gasteiger partial charge on any atom is -0.496 e. The quantitative estimate of drug-likeness (QED) is 0.569. The van der Waals surface area contributed by atoms with E-state index in [2.05, 4.69) is 11.4 Å². The van der Waals surface area contributed by atoms with Gasteiger partial charge in [-0.3, -0.25) is 4.79 Å². The highest BCUT2D eigenvalue weighted by Gasteiger charge is 2.23. The third-order valence-corrected chi connectivity index (χ3v) is 5.50. The van der Waals surface area contributed by atoms with Gasteiger partial charge in [0.2, 0.25) is 5.91 Å². The number of anilines is 1. The van der Waals surface area contributed by atoms with E-state index in [1.54, 1.807) is 19.2 Å². The van der Waals surface area contributed by atoms with Crippen LogP contribution in [0.15, 0.2) is 40.8 Å². The van der Waals surface area contributed by atoms with E-state index in [0.29, 0.717) is 11.4 Å². The summed E-state index contributed by atoms with van der Waals surface area (Å²) in [5.41, 5.74) is 5.13. The molecular formula is C24H24FNO3. The third-order valence-electron chi connectivity index (χ3n) is 5.50. The Morgan fingerprint density at radius 2 is 2.03 bits per heavy atom. The number of hydrogen-bond acceptors (Lipinski definition) is 3. The van der Waals surface area contributed by atoms with Crippen molar-refractivity contribution in [1.82, 2.24) is 0 Å². The Bertz CT molecular complexity index is 1130. The molecule has 0 atom stereocenters. The molecule has 3 aromatic rings. The van der Waals surface area contributed by atoms with E-state index in [4.69, 9.17) is 9.15 Å². The highest BCUT2D eigenvalue weighted by Crippen LogP contribution is 2.41. The van der Waals surface area contributed by atoms with Crippen molar-refractivity contribution in [3.8, 4) is 5.75 Å². The van der Waals surface area contributed by atoms with E-state index < -0.39 is 5.82 Å². The highest BCUT2D eigenvalue weighted by molar-refractivity contribution is 6.05. The number of ether oxygens (including phenoxy) is 1. The molecule has 0 saturated carbocycles. The van der Waals surface area contributed by atoms with Crippen molar-refractivity contribution < 1.29 is 18.3 Å². The topological polar surface area (TPSA) is 51.5 Å². The van der Waals surface area contributed by atoms with E-state index in [-0.39, 0.29) is 5.91 Å². The lowest BCUT2D eigenvalue weighted by atomic mass is 9.93. The number of nitrogens with one attached hydrogen (secondary N) is 1. The first-order chi connectivity index (χ1) is 14.0. The number of benzene rings is 2. The fourth-order valence-corrected chi connectivity index (χ4v) is 4.11. The Morgan fingerprint density at radius 3 is 2.79 bits per heavy atom. The molecule has 4 rings (SSSR count). The number of rotatable bonds is 4. The van der Waals surface area contributed by atoms with Crippen LogP contribution in [0.5, 0.6) is 5.75 Å². The van der Waals surface area contributed by atoms with Crippen LogP contribution >= 0.6 is 0 Å². The second-order valence-corrected chi connectivity index (χ2v) is 7.50. The summed E-state index contributed by atoms with van der Waals surface area (Å²) in [4.78, 5) is 12.5. The number of amides is 1. The van der Waals surface area contributed by atoms with Gasteiger partial charge in [-0.25, -0.2) is 4.39 Å². The molecular weight excluding hydrogens is 369 g/mol. The molecule has 1 N–H and O–H groups in total. The summed E-state index contributed by atoms with van der Waals surface area (Å²) in [7, 11) is 1.63. The number of methoxy groups -OCH3 is 1. The van der Waals surface area contributed by atoms with Crippen molar-refractivity contribution >= 4 is 28.1 Å². The van der Waals surface area contributed by atoms with Crippen LogP contribution in [0.2, 0.25) is 0 Å². The van der Waals surface area contributed by atoms with E-state index in [9.17, 15) is 9.18 Å². The van der Waals surface area contributed by atoms with Gasteiger partial charge >= 0.3 is 0 Å². The molecule has 0 saturated heterocycles. The smallest absolute Gasteiger partial charge is 0.248 e. The average Bonchev–Trinajstić information content (AvgIpc) is 3.07. The van der Waals surface area contributed by atoms with Gasteiger partial charge in [-0.2, -0.15) is 0 Å². The Labute approximate surface area is 169 Å². The maximum Gasteiger partial charge on any atom is 0.248 e. The summed E-state index contributed by atoms with van der Waals surface area (Å²) in [6.45, 7) is 3.86. The number of hydrogen-bond donors (Lipinski definition) is 1. The second-order valence-electron chi connectivity index (χ2n) is 7.50. The molecule has 0 fully saturated rings. The zero-order chi connectivity index (χ0) is 20.5. The molecule has 1 amide bonds. The summed E-state index contributed by atoms with van der Waals surface area (Å²) in [6.07, 6.45) is 5.80. The predicted octanol–water partition coefficient (Wildman–Crippen LogP) is 5.81. The molecule has 1 heterocycles. The van der Waals surface area contributed by atoms with Crippen molar-refractivity contribution in [1.29, 1.82) is 0 Å².